The lowest BCUT2D eigenvalue weighted by atomic mass is 10.1. The molecule has 0 amide bonds. The molecule has 1 heterocycles. The van der Waals surface area contributed by atoms with Crippen molar-refractivity contribution < 1.29 is 9.84 Å². The van der Waals surface area contributed by atoms with Gasteiger partial charge in [-0.15, -0.1) is 0 Å². The van der Waals surface area contributed by atoms with Gasteiger partial charge in [0, 0.05) is 18.1 Å². The standard InChI is InChI=1S/C13H16N2O2/c1-9(16)8-15-13-12-4-3-11(17-2)7-10(12)5-6-14-13/h3-7,9,16H,8H2,1-2H3,(H,14,15). The fourth-order valence-corrected chi connectivity index (χ4v) is 1.67. The van der Waals surface area contributed by atoms with Gasteiger partial charge in [-0.3, -0.25) is 0 Å². The molecular weight excluding hydrogens is 216 g/mol. The van der Waals surface area contributed by atoms with Crippen LogP contribution in [0, 0.1) is 0 Å². The van der Waals surface area contributed by atoms with Crippen molar-refractivity contribution in [2.24, 2.45) is 0 Å². The molecule has 0 saturated heterocycles. The van der Waals surface area contributed by atoms with Crippen molar-refractivity contribution in [1.29, 1.82) is 0 Å². The minimum atomic E-state index is -0.398. The van der Waals surface area contributed by atoms with Gasteiger partial charge < -0.3 is 15.2 Å². The number of aliphatic hydroxyl groups is 1. The van der Waals surface area contributed by atoms with Gasteiger partial charge in [0.2, 0.25) is 0 Å². The van der Waals surface area contributed by atoms with Crippen LogP contribution in [-0.2, 0) is 0 Å². The van der Waals surface area contributed by atoms with Crippen molar-refractivity contribution in [3.8, 4) is 5.75 Å². The Morgan fingerprint density at radius 1 is 1.41 bits per heavy atom. The number of nitrogens with zero attached hydrogens (tertiary/aromatic N) is 1. The summed E-state index contributed by atoms with van der Waals surface area (Å²) in [6.45, 7) is 2.22. The van der Waals surface area contributed by atoms with E-state index in [1.54, 1.807) is 20.2 Å². The summed E-state index contributed by atoms with van der Waals surface area (Å²) in [5, 5.41) is 14.5. The lowest BCUT2D eigenvalue weighted by Crippen LogP contribution is -2.16. The van der Waals surface area contributed by atoms with Crippen molar-refractivity contribution in [3.05, 3.63) is 30.5 Å². The van der Waals surface area contributed by atoms with E-state index in [4.69, 9.17) is 4.74 Å². The Morgan fingerprint density at radius 2 is 2.24 bits per heavy atom. The van der Waals surface area contributed by atoms with Gasteiger partial charge >= 0.3 is 0 Å². The van der Waals surface area contributed by atoms with Crippen molar-refractivity contribution >= 4 is 16.6 Å². The van der Waals surface area contributed by atoms with Crippen LogP contribution in [0.15, 0.2) is 30.5 Å². The highest BCUT2D eigenvalue weighted by atomic mass is 16.5. The predicted octanol–water partition coefficient (Wildman–Crippen LogP) is 2.04. The first-order valence-corrected chi connectivity index (χ1v) is 5.55. The second kappa shape index (κ2) is 5.01. The summed E-state index contributed by atoms with van der Waals surface area (Å²) >= 11 is 0. The van der Waals surface area contributed by atoms with E-state index in [9.17, 15) is 5.11 Å². The number of aromatic nitrogens is 1. The van der Waals surface area contributed by atoms with Crippen LogP contribution in [-0.4, -0.2) is 29.8 Å². The maximum absolute atomic E-state index is 9.26. The molecule has 0 spiro atoms. The third kappa shape index (κ3) is 2.65. The molecule has 0 radical (unpaired) electrons. The number of rotatable bonds is 4. The smallest absolute Gasteiger partial charge is 0.133 e. The van der Waals surface area contributed by atoms with E-state index in [-0.39, 0.29) is 0 Å². The molecule has 1 aromatic heterocycles. The average Bonchev–Trinajstić information content (AvgIpc) is 2.35. The number of anilines is 1. The first-order chi connectivity index (χ1) is 8.20. The molecule has 1 unspecified atom stereocenters. The Hall–Kier alpha value is -1.81. The molecule has 17 heavy (non-hydrogen) atoms. The van der Waals surface area contributed by atoms with E-state index in [0.717, 1.165) is 22.3 Å². The van der Waals surface area contributed by atoms with Gasteiger partial charge in [-0.25, -0.2) is 4.98 Å². The summed E-state index contributed by atoms with van der Waals surface area (Å²) in [6, 6.07) is 7.76. The topological polar surface area (TPSA) is 54.4 Å². The van der Waals surface area contributed by atoms with Gasteiger partial charge in [0.15, 0.2) is 0 Å². The fourth-order valence-electron chi connectivity index (χ4n) is 1.67. The van der Waals surface area contributed by atoms with E-state index >= 15 is 0 Å². The fraction of sp³-hybridized carbons (Fsp3) is 0.308. The van der Waals surface area contributed by atoms with Crippen LogP contribution < -0.4 is 10.1 Å². The van der Waals surface area contributed by atoms with Gasteiger partial charge in [0.25, 0.3) is 0 Å². The van der Waals surface area contributed by atoms with Crippen LogP contribution >= 0.6 is 0 Å². The Kier molecular flexibility index (Phi) is 3.44. The summed E-state index contributed by atoms with van der Waals surface area (Å²) in [5.41, 5.74) is 0. The van der Waals surface area contributed by atoms with Crippen LogP contribution in [0.3, 0.4) is 0 Å². The molecule has 0 aliphatic carbocycles. The normalized spacial score (nSPS) is 12.4. The summed E-state index contributed by atoms with van der Waals surface area (Å²) in [5.74, 6) is 1.61. The Morgan fingerprint density at radius 3 is 2.94 bits per heavy atom. The molecule has 2 aromatic rings. The first kappa shape index (κ1) is 11.7. The number of methoxy groups -OCH3 is 1. The highest BCUT2D eigenvalue weighted by molar-refractivity contribution is 5.92. The molecule has 1 atom stereocenters. The Labute approximate surface area is 100 Å². The Balaban J connectivity index is 2.36. The number of aliphatic hydroxyl groups excluding tert-OH is 1. The minimum Gasteiger partial charge on any atom is -0.497 e. The van der Waals surface area contributed by atoms with E-state index in [1.807, 2.05) is 24.3 Å². The zero-order chi connectivity index (χ0) is 12.3. The number of hydrogen-bond acceptors (Lipinski definition) is 4. The van der Waals surface area contributed by atoms with E-state index < -0.39 is 6.10 Å². The number of nitrogens with one attached hydrogen (secondary N) is 1. The van der Waals surface area contributed by atoms with Gasteiger partial charge in [-0.1, -0.05) is 0 Å². The van der Waals surface area contributed by atoms with Crippen LogP contribution in [0.25, 0.3) is 10.8 Å². The molecule has 0 aliphatic rings. The largest absolute Gasteiger partial charge is 0.497 e. The summed E-state index contributed by atoms with van der Waals surface area (Å²) in [4.78, 5) is 4.27. The molecule has 2 N–H and O–H groups in total. The van der Waals surface area contributed by atoms with Crippen molar-refractivity contribution in [3.63, 3.8) is 0 Å². The van der Waals surface area contributed by atoms with E-state index in [2.05, 4.69) is 10.3 Å². The van der Waals surface area contributed by atoms with Gasteiger partial charge in [-0.2, -0.15) is 0 Å². The average molecular weight is 232 g/mol. The highest BCUT2D eigenvalue weighted by Crippen LogP contribution is 2.25. The number of ether oxygens (including phenoxy) is 1. The third-order valence-electron chi connectivity index (χ3n) is 2.54. The van der Waals surface area contributed by atoms with Crippen molar-refractivity contribution in [2.45, 2.75) is 13.0 Å². The number of benzene rings is 1. The summed E-state index contributed by atoms with van der Waals surface area (Å²) < 4.78 is 5.18. The molecule has 0 aliphatic heterocycles. The molecule has 4 heteroatoms. The van der Waals surface area contributed by atoms with E-state index in [1.165, 1.54) is 0 Å². The van der Waals surface area contributed by atoms with Crippen LogP contribution in [0.2, 0.25) is 0 Å². The molecule has 1 aromatic carbocycles. The molecule has 0 bridgehead atoms. The van der Waals surface area contributed by atoms with Crippen molar-refractivity contribution in [2.75, 3.05) is 19.0 Å². The quantitative estimate of drug-likeness (QED) is 0.847. The predicted molar refractivity (Wildman–Crippen MR) is 68.5 cm³/mol. The lowest BCUT2D eigenvalue weighted by molar-refractivity contribution is 0.208. The maximum Gasteiger partial charge on any atom is 0.133 e. The molecular formula is C13H16N2O2. The molecule has 90 valence electrons. The van der Waals surface area contributed by atoms with Crippen LogP contribution in [0.1, 0.15) is 6.92 Å². The van der Waals surface area contributed by atoms with Gasteiger partial charge in [0.05, 0.1) is 13.2 Å². The molecule has 0 fully saturated rings. The minimum absolute atomic E-state index is 0.398. The maximum atomic E-state index is 9.26. The molecule has 4 nitrogen and oxygen atoms in total. The molecule has 0 saturated carbocycles. The van der Waals surface area contributed by atoms with Crippen LogP contribution in [0.5, 0.6) is 5.75 Å². The first-order valence-electron chi connectivity index (χ1n) is 5.55. The molecule has 2 rings (SSSR count). The zero-order valence-corrected chi connectivity index (χ0v) is 9.97. The number of hydrogen-bond donors (Lipinski definition) is 2. The second-order valence-electron chi connectivity index (χ2n) is 3.98. The van der Waals surface area contributed by atoms with Gasteiger partial charge in [-0.05, 0) is 36.6 Å². The Bertz CT molecular complexity index is 512. The zero-order valence-electron chi connectivity index (χ0n) is 9.97. The SMILES string of the molecule is COc1ccc2c(NCC(C)O)nccc2c1. The number of pyridine rings is 1. The third-order valence-corrected chi connectivity index (χ3v) is 2.54. The number of fused-ring (bicyclic) bond motifs is 1. The van der Waals surface area contributed by atoms with Crippen molar-refractivity contribution in [1.82, 2.24) is 4.98 Å². The summed E-state index contributed by atoms with van der Waals surface area (Å²) in [6.07, 6.45) is 1.34. The second-order valence-corrected chi connectivity index (χ2v) is 3.98. The lowest BCUT2D eigenvalue weighted by Gasteiger charge is -2.10. The van der Waals surface area contributed by atoms with E-state index in [0.29, 0.717) is 6.54 Å². The summed E-state index contributed by atoms with van der Waals surface area (Å²) in [7, 11) is 1.65. The van der Waals surface area contributed by atoms with Crippen LogP contribution in [0.4, 0.5) is 5.82 Å². The van der Waals surface area contributed by atoms with Gasteiger partial charge in [0.1, 0.15) is 11.6 Å². The monoisotopic (exact) mass is 232 g/mol. The highest BCUT2D eigenvalue weighted by Gasteiger charge is 2.04.